The number of alkyl halides is 3. The number of nitrogens with zero attached hydrogens (tertiary/aromatic N) is 3. The van der Waals surface area contributed by atoms with Crippen LogP contribution in [-0.4, -0.2) is 47.2 Å². The van der Waals surface area contributed by atoms with Crippen molar-refractivity contribution in [1.82, 2.24) is 15.3 Å². The molecule has 2 bridgehead atoms. The van der Waals surface area contributed by atoms with Gasteiger partial charge < -0.3 is 15.5 Å². The highest BCUT2D eigenvalue weighted by atomic mass is 19.4. The zero-order chi connectivity index (χ0) is 16.8. The van der Waals surface area contributed by atoms with Crippen LogP contribution in [0.1, 0.15) is 36.1 Å². The number of nitrogens with one attached hydrogen (secondary N) is 2. The molecule has 1 amide bonds. The molecule has 2 atom stereocenters. The van der Waals surface area contributed by atoms with E-state index in [1.807, 2.05) is 5.32 Å². The fourth-order valence-electron chi connectivity index (χ4n) is 2.98. The van der Waals surface area contributed by atoms with E-state index in [9.17, 15) is 18.0 Å². The Morgan fingerprint density at radius 3 is 2.87 bits per heavy atom. The third kappa shape index (κ3) is 3.04. The lowest BCUT2D eigenvalue weighted by Crippen LogP contribution is -2.47. The summed E-state index contributed by atoms with van der Waals surface area (Å²) in [4.78, 5) is 22.4. The lowest BCUT2D eigenvalue weighted by Gasteiger charge is -2.41. The van der Waals surface area contributed by atoms with Crippen LogP contribution in [0.15, 0.2) is 0 Å². The molecule has 9 heteroatoms. The molecule has 2 N–H and O–H groups in total. The number of anilines is 2. The van der Waals surface area contributed by atoms with Crippen LogP contribution in [0.4, 0.5) is 24.7 Å². The summed E-state index contributed by atoms with van der Waals surface area (Å²) in [5.41, 5.74) is 1.43. The molecule has 2 aliphatic rings. The van der Waals surface area contributed by atoms with Crippen LogP contribution in [-0.2, 0) is 0 Å². The Labute approximate surface area is 131 Å². The van der Waals surface area contributed by atoms with Gasteiger partial charge >= 0.3 is 6.18 Å². The van der Waals surface area contributed by atoms with Crippen LogP contribution in [0.25, 0.3) is 0 Å². The molecule has 1 unspecified atom stereocenters. The number of fused-ring (bicyclic) bond motifs is 4. The van der Waals surface area contributed by atoms with Crippen LogP contribution in [0.5, 0.6) is 0 Å². The fourth-order valence-corrected chi connectivity index (χ4v) is 2.98. The quantitative estimate of drug-likeness (QED) is 0.867. The summed E-state index contributed by atoms with van der Waals surface area (Å²) < 4.78 is 37.7. The van der Waals surface area contributed by atoms with E-state index in [1.165, 1.54) is 0 Å². The average molecular weight is 329 g/mol. The molecule has 3 rings (SSSR count). The summed E-state index contributed by atoms with van der Waals surface area (Å²) >= 11 is 0. The van der Waals surface area contributed by atoms with Crippen molar-refractivity contribution in [2.24, 2.45) is 0 Å². The Kier molecular flexibility index (Phi) is 3.81. The van der Waals surface area contributed by atoms with Gasteiger partial charge in [0.2, 0.25) is 5.82 Å². The van der Waals surface area contributed by atoms with Crippen LogP contribution >= 0.6 is 0 Å². The second-order valence-corrected chi connectivity index (χ2v) is 6.00. The molecule has 3 heterocycles. The maximum Gasteiger partial charge on any atom is 0.408 e. The third-order valence-corrected chi connectivity index (χ3v) is 4.18. The van der Waals surface area contributed by atoms with E-state index in [4.69, 9.17) is 0 Å². The molecule has 0 spiro atoms. The van der Waals surface area contributed by atoms with Crippen molar-refractivity contribution in [2.45, 2.75) is 44.9 Å². The minimum absolute atomic E-state index is 0.244. The monoisotopic (exact) mass is 329 g/mol. The van der Waals surface area contributed by atoms with Crippen molar-refractivity contribution < 1.29 is 18.0 Å². The molecule has 2 aliphatic heterocycles. The van der Waals surface area contributed by atoms with Gasteiger partial charge in [-0.15, -0.1) is 0 Å². The minimum atomic E-state index is -4.50. The second-order valence-electron chi connectivity index (χ2n) is 6.00. The Morgan fingerprint density at radius 1 is 1.43 bits per heavy atom. The summed E-state index contributed by atoms with van der Waals surface area (Å²) in [6, 6.07) is -1.71. The standard InChI is InChI=1S/C14H18F3N5O/c1-7-10-11(20-9-4-3-5-22(10)6-9)21-12(18-7)13(23)19-8(2)14(15,16)17/h8-9H,3-6H2,1-2H3,(H,19,23)(H,18,20,21)/t8-,9?/m1/s1. The topological polar surface area (TPSA) is 70.2 Å². The summed E-state index contributed by atoms with van der Waals surface area (Å²) in [6.45, 7) is 4.37. The first-order valence-corrected chi connectivity index (χ1v) is 7.53. The van der Waals surface area contributed by atoms with E-state index in [0.29, 0.717) is 11.5 Å². The van der Waals surface area contributed by atoms with Crippen molar-refractivity contribution in [2.75, 3.05) is 23.3 Å². The van der Waals surface area contributed by atoms with Crippen molar-refractivity contribution >= 4 is 17.4 Å². The highest BCUT2D eigenvalue weighted by molar-refractivity contribution is 5.92. The van der Waals surface area contributed by atoms with Crippen molar-refractivity contribution in [3.05, 3.63) is 11.5 Å². The number of aromatic nitrogens is 2. The molecule has 1 aromatic heterocycles. The fraction of sp³-hybridized carbons (Fsp3) is 0.643. The minimum Gasteiger partial charge on any atom is -0.365 e. The van der Waals surface area contributed by atoms with E-state index in [0.717, 1.165) is 38.5 Å². The molecule has 0 aromatic carbocycles. The first kappa shape index (κ1) is 15.8. The van der Waals surface area contributed by atoms with Gasteiger partial charge in [0.1, 0.15) is 11.7 Å². The summed E-state index contributed by atoms with van der Waals surface area (Å²) in [5.74, 6) is -0.641. The lowest BCUT2D eigenvalue weighted by atomic mass is 10.0. The number of aryl methyl sites for hydroxylation is 1. The van der Waals surface area contributed by atoms with Gasteiger partial charge in [-0.3, -0.25) is 4.79 Å². The highest BCUT2D eigenvalue weighted by Crippen LogP contribution is 2.35. The van der Waals surface area contributed by atoms with Crippen molar-refractivity contribution in [1.29, 1.82) is 0 Å². The normalized spacial score (nSPS) is 21.3. The number of carbonyl (C=O) groups is 1. The van der Waals surface area contributed by atoms with E-state index in [2.05, 4.69) is 20.2 Å². The van der Waals surface area contributed by atoms with E-state index >= 15 is 0 Å². The zero-order valence-electron chi connectivity index (χ0n) is 12.9. The van der Waals surface area contributed by atoms with Gasteiger partial charge in [0.05, 0.1) is 5.69 Å². The van der Waals surface area contributed by atoms with Crippen molar-refractivity contribution in [3.8, 4) is 0 Å². The number of rotatable bonds is 2. The predicted molar refractivity (Wildman–Crippen MR) is 78.6 cm³/mol. The molecule has 1 aromatic rings. The van der Waals surface area contributed by atoms with Gasteiger partial charge in [-0.1, -0.05) is 0 Å². The van der Waals surface area contributed by atoms with Crippen LogP contribution in [0.3, 0.4) is 0 Å². The molecule has 23 heavy (non-hydrogen) atoms. The number of hydrogen-bond donors (Lipinski definition) is 2. The molecule has 126 valence electrons. The molecular weight excluding hydrogens is 311 g/mol. The molecule has 6 nitrogen and oxygen atoms in total. The summed E-state index contributed by atoms with van der Waals surface area (Å²) in [5, 5.41) is 5.14. The SMILES string of the molecule is Cc1nc(C(=O)N[C@H](C)C(F)(F)F)nc2c1N1CCCC(C1)N2. The van der Waals surface area contributed by atoms with Crippen LogP contribution in [0, 0.1) is 6.92 Å². The predicted octanol–water partition coefficient (Wildman–Crippen LogP) is 1.86. The number of hydrogen-bond acceptors (Lipinski definition) is 5. The van der Waals surface area contributed by atoms with Gasteiger partial charge in [0.15, 0.2) is 5.82 Å². The Hall–Kier alpha value is -2.06. The van der Waals surface area contributed by atoms with Gasteiger partial charge in [-0.05, 0) is 26.7 Å². The molecule has 1 saturated heterocycles. The lowest BCUT2D eigenvalue weighted by molar-refractivity contribution is -0.149. The Morgan fingerprint density at radius 2 is 2.17 bits per heavy atom. The van der Waals surface area contributed by atoms with Gasteiger partial charge in [0, 0.05) is 19.1 Å². The third-order valence-electron chi connectivity index (χ3n) is 4.18. The maximum absolute atomic E-state index is 12.6. The molecule has 0 saturated carbocycles. The van der Waals surface area contributed by atoms with Crippen LogP contribution in [0.2, 0.25) is 0 Å². The zero-order valence-corrected chi connectivity index (χ0v) is 12.9. The van der Waals surface area contributed by atoms with E-state index in [1.54, 1.807) is 6.92 Å². The van der Waals surface area contributed by atoms with Gasteiger partial charge in [-0.25, -0.2) is 9.97 Å². The summed E-state index contributed by atoms with van der Waals surface area (Å²) in [7, 11) is 0. The number of piperidine rings is 1. The van der Waals surface area contributed by atoms with Crippen LogP contribution < -0.4 is 15.5 Å². The summed E-state index contributed by atoms with van der Waals surface area (Å²) in [6.07, 6.45) is -2.44. The first-order chi connectivity index (χ1) is 10.8. The highest BCUT2D eigenvalue weighted by Gasteiger charge is 2.38. The Balaban J connectivity index is 1.86. The second kappa shape index (κ2) is 5.54. The van der Waals surface area contributed by atoms with E-state index in [-0.39, 0.29) is 11.9 Å². The number of halogens is 3. The van der Waals surface area contributed by atoms with Gasteiger partial charge in [0.25, 0.3) is 5.91 Å². The number of amides is 1. The average Bonchev–Trinajstić information content (AvgIpc) is 2.45. The van der Waals surface area contributed by atoms with Gasteiger partial charge in [-0.2, -0.15) is 13.2 Å². The molecule has 1 fully saturated rings. The first-order valence-electron chi connectivity index (χ1n) is 7.53. The molecule has 0 radical (unpaired) electrons. The number of carbonyl (C=O) groups excluding carboxylic acids is 1. The van der Waals surface area contributed by atoms with E-state index < -0.39 is 18.1 Å². The Bertz CT molecular complexity index is 634. The molecule has 0 aliphatic carbocycles. The molecular formula is C14H18F3N5O. The smallest absolute Gasteiger partial charge is 0.365 e. The largest absolute Gasteiger partial charge is 0.408 e. The van der Waals surface area contributed by atoms with Crippen molar-refractivity contribution in [3.63, 3.8) is 0 Å². The maximum atomic E-state index is 12.6.